The van der Waals surface area contributed by atoms with Crippen LogP contribution < -0.4 is 5.73 Å². The molecule has 74 valence electrons. The number of nitrogens with two attached hydrogens (primary N) is 1. The summed E-state index contributed by atoms with van der Waals surface area (Å²) in [7, 11) is 0. The van der Waals surface area contributed by atoms with Gasteiger partial charge in [-0.3, -0.25) is 0 Å². The Morgan fingerprint density at radius 1 is 1.33 bits per heavy atom. The molecule has 0 spiro atoms. The SMILES string of the molecule is CC.CC1CCCC(F)(F)C1N. The standard InChI is InChI=1S/C7H13F2N.C2H6/c1-5-3-2-4-7(8,9)6(5)10;1-2/h5-6H,2-4,10H2,1H3;1-2H3. The van der Waals surface area contributed by atoms with Gasteiger partial charge in [0.2, 0.25) is 0 Å². The molecule has 1 aliphatic rings. The third kappa shape index (κ3) is 2.70. The van der Waals surface area contributed by atoms with Crippen LogP contribution in [0.4, 0.5) is 8.78 Å². The molecule has 0 aromatic carbocycles. The Morgan fingerprint density at radius 3 is 2.17 bits per heavy atom. The molecule has 0 aliphatic heterocycles. The average molecular weight is 179 g/mol. The smallest absolute Gasteiger partial charge is 0.263 e. The van der Waals surface area contributed by atoms with E-state index in [1.54, 1.807) is 6.92 Å². The second-order valence-corrected chi connectivity index (χ2v) is 3.16. The zero-order valence-electron chi connectivity index (χ0n) is 8.11. The summed E-state index contributed by atoms with van der Waals surface area (Å²) in [6, 6.07) is -0.916. The lowest BCUT2D eigenvalue weighted by atomic mass is 9.84. The summed E-state index contributed by atoms with van der Waals surface area (Å²) in [6.07, 6.45) is 1.43. The van der Waals surface area contributed by atoms with Crippen LogP contribution in [0.2, 0.25) is 0 Å². The van der Waals surface area contributed by atoms with E-state index in [4.69, 9.17) is 5.73 Å². The van der Waals surface area contributed by atoms with Gasteiger partial charge in [-0.1, -0.05) is 20.8 Å². The van der Waals surface area contributed by atoms with Crippen molar-refractivity contribution >= 4 is 0 Å². The van der Waals surface area contributed by atoms with Crippen molar-refractivity contribution in [1.82, 2.24) is 0 Å². The van der Waals surface area contributed by atoms with Crippen LogP contribution in [0.15, 0.2) is 0 Å². The number of halogens is 2. The van der Waals surface area contributed by atoms with Crippen molar-refractivity contribution in [2.75, 3.05) is 0 Å². The van der Waals surface area contributed by atoms with Crippen molar-refractivity contribution in [1.29, 1.82) is 0 Å². The van der Waals surface area contributed by atoms with Crippen LogP contribution in [0, 0.1) is 5.92 Å². The first-order chi connectivity index (χ1) is 5.54. The summed E-state index contributed by atoms with van der Waals surface area (Å²) in [5.41, 5.74) is 5.31. The summed E-state index contributed by atoms with van der Waals surface area (Å²) >= 11 is 0. The fourth-order valence-electron chi connectivity index (χ4n) is 1.42. The van der Waals surface area contributed by atoms with Crippen LogP contribution in [-0.4, -0.2) is 12.0 Å². The molecule has 12 heavy (non-hydrogen) atoms. The van der Waals surface area contributed by atoms with Gasteiger partial charge in [-0.05, 0) is 18.8 Å². The largest absolute Gasteiger partial charge is 0.322 e. The molecule has 3 heteroatoms. The van der Waals surface area contributed by atoms with Crippen molar-refractivity contribution in [3.05, 3.63) is 0 Å². The van der Waals surface area contributed by atoms with E-state index in [0.717, 1.165) is 6.42 Å². The first kappa shape index (κ1) is 11.8. The Balaban J connectivity index is 0.000000561. The van der Waals surface area contributed by atoms with Crippen molar-refractivity contribution in [2.45, 2.75) is 52.0 Å². The van der Waals surface area contributed by atoms with Crippen molar-refractivity contribution in [3.63, 3.8) is 0 Å². The van der Waals surface area contributed by atoms with Crippen LogP contribution in [0.1, 0.15) is 40.0 Å². The second kappa shape index (κ2) is 4.75. The molecule has 2 unspecified atom stereocenters. The molecule has 1 aliphatic carbocycles. The summed E-state index contributed by atoms with van der Waals surface area (Å²) in [5.74, 6) is -2.64. The minimum Gasteiger partial charge on any atom is -0.322 e. The van der Waals surface area contributed by atoms with E-state index < -0.39 is 12.0 Å². The van der Waals surface area contributed by atoms with Gasteiger partial charge in [-0.2, -0.15) is 0 Å². The molecule has 0 aromatic rings. The van der Waals surface area contributed by atoms with Gasteiger partial charge in [0.05, 0.1) is 6.04 Å². The Kier molecular flexibility index (Phi) is 4.68. The molecular weight excluding hydrogens is 160 g/mol. The zero-order chi connectivity index (χ0) is 9.78. The topological polar surface area (TPSA) is 26.0 Å². The summed E-state index contributed by atoms with van der Waals surface area (Å²) in [6.45, 7) is 5.79. The minimum atomic E-state index is -2.61. The van der Waals surface area contributed by atoms with Crippen molar-refractivity contribution in [3.8, 4) is 0 Å². The molecule has 0 aromatic heterocycles. The van der Waals surface area contributed by atoms with Gasteiger partial charge in [-0.15, -0.1) is 0 Å². The van der Waals surface area contributed by atoms with E-state index >= 15 is 0 Å². The summed E-state index contributed by atoms with van der Waals surface area (Å²) < 4.78 is 25.4. The number of alkyl halides is 2. The van der Waals surface area contributed by atoms with Crippen LogP contribution in [0.5, 0.6) is 0 Å². The van der Waals surface area contributed by atoms with E-state index in [2.05, 4.69) is 0 Å². The number of rotatable bonds is 0. The van der Waals surface area contributed by atoms with Gasteiger partial charge in [0.15, 0.2) is 0 Å². The fourth-order valence-corrected chi connectivity index (χ4v) is 1.42. The molecule has 1 nitrogen and oxygen atoms in total. The summed E-state index contributed by atoms with van der Waals surface area (Å²) in [5, 5.41) is 0. The van der Waals surface area contributed by atoms with Gasteiger partial charge < -0.3 is 5.73 Å². The van der Waals surface area contributed by atoms with E-state index in [-0.39, 0.29) is 12.3 Å². The molecule has 0 heterocycles. The minimum absolute atomic E-state index is 0.0243. The molecule has 0 radical (unpaired) electrons. The van der Waals surface area contributed by atoms with Crippen LogP contribution in [0.3, 0.4) is 0 Å². The van der Waals surface area contributed by atoms with E-state index in [9.17, 15) is 8.78 Å². The van der Waals surface area contributed by atoms with Crippen LogP contribution >= 0.6 is 0 Å². The lowest BCUT2D eigenvalue weighted by molar-refractivity contribution is -0.0687. The highest BCUT2D eigenvalue weighted by molar-refractivity contribution is 4.88. The maximum Gasteiger partial charge on any atom is 0.263 e. The van der Waals surface area contributed by atoms with Gasteiger partial charge in [-0.25, -0.2) is 8.78 Å². The highest BCUT2D eigenvalue weighted by Gasteiger charge is 2.42. The predicted octanol–water partition coefficient (Wildman–Crippen LogP) is 2.80. The molecule has 0 amide bonds. The third-order valence-electron chi connectivity index (χ3n) is 2.27. The normalized spacial score (nSPS) is 33.5. The number of hydrogen-bond donors (Lipinski definition) is 1. The van der Waals surface area contributed by atoms with Gasteiger partial charge in [0.25, 0.3) is 5.92 Å². The maximum absolute atomic E-state index is 12.7. The molecule has 1 saturated carbocycles. The highest BCUT2D eigenvalue weighted by atomic mass is 19.3. The van der Waals surface area contributed by atoms with Gasteiger partial charge >= 0.3 is 0 Å². The van der Waals surface area contributed by atoms with Crippen molar-refractivity contribution < 1.29 is 8.78 Å². The Labute approximate surface area is 73.3 Å². The molecular formula is C9H19F2N. The van der Waals surface area contributed by atoms with Crippen LogP contribution in [-0.2, 0) is 0 Å². The maximum atomic E-state index is 12.7. The average Bonchev–Trinajstić information content (AvgIpc) is 2.04. The predicted molar refractivity (Wildman–Crippen MR) is 47.3 cm³/mol. The summed E-state index contributed by atoms with van der Waals surface area (Å²) in [4.78, 5) is 0. The van der Waals surface area contributed by atoms with Crippen molar-refractivity contribution in [2.24, 2.45) is 11.7 Å². The first-order valence-corrected chi connectivity index (χ1v) is 4.67. The molecule has 0 saturated heterocycles. The van der Waals surface area contributed by atoms with Crippen LogP contribution in [0.25, 0.3) is 0 Å². The Morgan fingerprint density at radius 2 is 1.83 bits per heavy atom. The fraction of sp³-hybridized carbons (Fsp3) is 1.00. The van der Waals surface area contributed by atoms with Gasteiger partial charge in [0.1, 0.15) is 0 Å². The Bertz CT molecular complexity index is 126. The molecule has 2 atom stereocenters. The van der Waals surface area contributed by atoms with Gasteiger partial charge in [0, 0.05) is 6.42 Å². The molecule has 1 rings (SSSR count). The monoisotopic (exact) mass is 179 g/mol. The number of hydrogen-bond acceptors (Lipinski definition) is 1. The second-order valence-electron chi connectivity index (χ2n) is 3.16. The Hall–Kier alpha value is -0.180. The quantitative estimate of drug-likeness (QED) is 0.608. The van der Waals surface area contributed by atoms with E-state index in [0.29, 0.717) is 6.42 Å². The van der Waals surface area contributed by atoms with E-state index in [1.165, 1.54) is 0 Å². The van der Waals surface area contributed by atoms with E-state index in [1.807, 2.05) is 13.8 Å². The molecule has 1 fully saturated rings. The first-order valence-electron chi connectivity index (χ1n) is 4.67. The lowest BCUT2D eigenvalue weighted by Crippen LogP contribution is -2.48. The third-order valence-corrected chi connectivity index (χ3v) is 2.27. The molecule has 0 bridgehead atoms. The molecule has 2 N–H and O–H groups in total. The zero-order valence-corrected chi connectivity index (χ0v) is 8.11. The highest BCUT2D eigenvalue weighted by Crippen LogP contribution is 2.35. The lowest BCUT2D eigenvalue weighted by Gasteiger charge is -2.33.